The third-order valence-electron chi connectivity index (χ3n) is 4.66. The van der Waals surface area contributed by atoms with Crippen LogP contribution >= 0.6 is 0 Å². The Labute approximate surface area is 157 Å². The molecule has 0 saturated carbocycles. The molecule has 0 atom stereocenters. The van der Waals surface area contributed by atoms with E-state index in [9.17, 15) is 9.59 Å². The van der Waals surface area contributed by atoms with Gasteiger partial charge in [0.1, 0.15) is 18.9 Å². The van der Waals surface area contributed by atoms with Crippen LogP contribution in [-0.4, -0.2) is 31.5 Å². The van der Waals surface area contributed by atoms with E-state index in [2.05, 4.69) is 5.32 Å². The van der Waals surface area contributed by atoms with E-state index in [0.717, 1.165) is 22.2 Å². The van der Waals surface area contributed by atoms with Gasteiger partial charge in [0, 0.05) is 10.9 Å². The van der Waals surface area contributed by atoms with Crippen molar-refractivity contribution in [1.82, 2.24) is 5.32 Å². The number of hydrogen-bond donors (Lipinski definition) is 1. The maximum atomic E-state index is 12.7. The van der Waals surface area contributed by atoms with Crippen LogP contribution in [0.15, 0.2) is 60.7 Å². The minimum absolute atomic E-state index is 0.00282. The van der Waals surface area contributed by atoms with Crippen molar-refractivity contribution in [3.63, 3.8) is 0 Å². The first kappa shape index (κ1) is 17.1. The number of anilines is 1. The largest absolute Gasteiger partial charge is 0.492 e. The number of amides is 2. The third kappa shape index (κ3) is 3.36. The molecule has 0 bridgehead atoms. The summed E-state index contributed by atoms with van der Waals surface area (Å²) >= 11 is 0. The highest BCUT2D eigenvalue weighted by molar-refractivity contribution is 6.26. The molecule has 5 heteroatoms. The molecule has 3 aromatic carbocycles. The average molecular weight is 360 g/mol. The molecule has 0 fully saturated rings. The zero-order valence-electron chi connectivity index (χ0n) is 15.1. The van der Waals surface area contributed by atoms with Crippen molar-refractivity contribution < 1.29 is 14.3 Å². The van der Waals surface area contributed by atoms with Gasteiger partial charge in [-0.25, -0.2) is 0 Å². The highest BCUT2D eigenvalue weighted by Gasteiger charge is 2.30. The average Bonchev–Trinajstić information content (AvgIpc) is 2.95. The van der Waals surface area contributed by atoms with Gasteiger partial charge >= 0.3 is 0 Å². The maximum absolute atomic E-state index is 12.7. The standard InChI is InChI=1S/C22H20N2O3/c1-15-8-10-17(11-9-15)27-13-12-23-20(25)14-24-19-7-3-5-16-4-2-6-18(21(16)19)22(24)26/h2-11H,12-14H2,1H3,(H,23,25). The Morgan fingerprint density at radius 3 is 2.56 bits per heavy atom. The number of carbonyl (C=O) groups is 2. The van der Waals surface area contributed by atoms with E-state index in [1.807, 2.05) is 67.6 Å². The Bertz CT molecular complexity index is 1010. The van der Waals surface area contributed by atoms with Crippen molar-refractivity contribution in [2.45, 2.75) is 6.92 Å². The van der Waals surface area contributed by atoms with Crippen LogP contribution in [0.5, 0.6) is 5.75 Å². The van der Waals surface area contributed by atoms with Crippen molar-refractivity contribution in [2.24, 2.45) is 0 Å². The first-order chi connectivity index (χ1) is 13.1. The van der Waals surface area contributed by atoms with Crippen molar-refractivity contribution >= 4 is 28.3 Å². The lowest BCUT2D eigenvalue weighted by molar-refractivity contribution is -0.119. The second-order valence-electron chi connectivity index (χ2n) is 6.58. The number of benzene rings is 3. The van der Waals surface area contributed by atoms with Gasteiger partial charge in [-0.15, -0.1) is 0 Å². The van der Waals surface area contributed by atoms with Crippen molar-refractivity contribution in [2.75, 3.05) is 24.6 Å². The summed E-state index contributed by atoms with van der Waals surface area (Å²) in [4.78, 5) is 26.5. The van der Waals surface area contributed by atoms with Gasteiger partial charge in [0.25, 0.3) is 5.91 Å². The Balaban J connectivity index is 1.34. The first-order valence-corrected chi connectivity index (χ1v) is 8.93. The van der Waals surface area contributed by atoms with Crippen LogP contribution in [0.1, 0.15) is 15.9 Å². The molecule has 0 spiro atoms. The van der Waals surface area contributed by atoms with Crippen LogP contribution in [0.2, 0.25) is 0 Å². The molecule has 4 rings (SSSR count). The molecule has 0 saturated heterocycles. The molecular formula is C22H20N2O3. The van der Waals surface area contributed by atoms with Gasteiger partial charge < -0.3 is 10.1 Å². The summed E-state index contributed by atoms with van der Waals surface area (Å²) in [6.07, 6.45) is 0. The number of ether oxygens (including phenoxy) is 1. The van der Waals surface area contributed by atoms with E-state index in [1.54, 1.807) is 0 Å². The van der Waals surface area contributed by atoms with E-state index in [-0.39, 0.29) is 18.4 Å². The highest BCUT2D eigenvalue weighted by Crippen LogP contribution is 2.36. The fourth-order valence-corrected chi connectivity index (χ4v) is 3.33. The van der Waals surface area contributed by atoms with Crippen molar-refractivity contribution in [3.8, 4) is 5.75 Å². The lowest BCUT2D eigenvalue weighted by Gasteiger charge is -2.17. The number of nitrogens with one attached hydrogen (secondary N) is 1. The SMILES string of the molecule is Cc1ccc(OCCNC(=O)CN2C(=O)c3cccc4cccc2c34)cc1. The fourth-order valence-electron chi connectivity index (χ4n) is 3.33. The molecule has 1 aliphatic heterocycles. The molecule has 3 aromatic rings. The molecule has 136 valence electrons. The van der Waals surface area contributed by atoms with E-state index >= 15 is 0 Å². The van der Waals surface area contributed by atoms with Crippen LogP contribution in [0.3, 0.4) is 0 Å². The minimum Gasteiger partial charge on any atom is -0.492 e. The second-order valence-corrected chi connectivity index (χ2v) is 6.58. The maximum Gasteiger partial charge on any atom is 0.259 e. The lowest BCUT2D eigenvalue weighted by atomic mass is 10.1. The minimum atomic E-state index is -0.208. The summed E-state index contributed by atoms with van der Waals surface area (Å²) in [6, 6.07) is 19.2. The van der Waals surface area contributed by atoms with E-state index in [0.29, 0.717) is 18.7 Å². The van der Waals surface area contributed by atoms with Gasteiger partial charge in [0.2, 0.25) is 5.91 Å². The summed E-state index contributed by atoms with van der Waals surface area (Å²) in [7, 11) is 0. The first-order valence-electron chi connectivity index (χ1n) is 8.93. The Kier molecular flexibility index (Phi) is 4.50. The summed E-state index contributed by atoms with van der Waals surface area (Å²) in [5.41, 5.74) is 2.61. The Morgan fingerprint density at radius 2 is 1.78 bits per heavy atom. The monoisotopic (exact) mass is 360 g/mol. The topological polar surface area (TPSA) is 58.6 Å². The molecule has 5 nitrogen and oxygen atoms in total. The van der Waals surface area contributed by atoms with E-state index in [1.165, 1.54) is 10.5 Å². The van der Waals surface area contributed by atoms with Crippen LogP contribution in [0.4, 0.5) is 5.69 Å². The summed E-state index contributed by atoms with van der Waals surface area (Å²) in [6.45, 7) is 2.77. The Hall–Kier alpha value is -3.34. The molecule has 27 heavy (non-hydrogen) atoms. The summed E-state index contributed by atoms with van der Waals surface area (Å²) in [5, 5.41) is 4.74. The summed E-state index contributed by atoms with van der Waals surface area (Å²) < 4.78 is 5.60. The summed E-state index contributed by atoms with van der Waals surface area (Å²) in [5.74, 6) is 0.431. The van der Waals surface area contributed by atoms with Crippen LogP contribution in [0, 0.1) is 6.92 Å². The number of aryl methyl sites for hydroxylation is 1. The van der Waals surface area contributed by atoms with Gasteiger partial charge in [0.05, 0.1) is 12.2 Å². The van der Waals surface area contributed by atoms with Crippen molar-refractivity contribution in [3.05, 3.63) is 71.8 Å². The molecule has 0 unspecified atom stereocenters. The van der Waals surface area contributed by atoms with Crippen LogP contribution in [-0.2, 0) is 4.79 Å². The molecule has 1 heterocycles. The van der Waals surface area contributed by atoms with Gasteiger partial charge in [-0.2, -0.15) is 0 Å². The fraction of sp³-hybridized carbons (Fsp3) is 0.182. The van der Waals surface area contributed by atoms with Crippen molar-refractivity contribution in [1.29, 1.82) is 0 Å². The molecule has 0 aromatic heterocycles. The smallest absolute Gasteiger partial charge is 0.259 e. The Morgan fingerprint density at radius 1 is 1.04 bits per heavy atom. The zero-order chi connectivity index (χ0) is 18.8. The number of rotatable bonds is 6. The van der Waals surface area contributed by atoms with E-state index in [4.69, 9.17) is 4.74 Å². The van der Waals surface area contributed by atoms with Gasteiger partial charge in [-0.3, -0.25) is 14.5 Å². The molecule has 1 aliphatic rings. The second kappa shape index (κ2) is 7.11. The molecule has 0 aliphatic carbocycles. The zero-order valence-corrected chi connectivity index (χ0v) is 15.1. The van der Waals surface area contributed by atoms with E-state index < -0.39 is 0 Å². The van der Waals surface area contributed by atoms with Gasteiger partial charge in [-0.1, -0.05) is 42.0 Å². The normalized spacial score (nSPS) is 12.5. The third-order valence-corrected chi connectivity index (χ3v) is 4.66. The molecule has 0 radical (unpaired) electrons. The number of nitrogens with zero attached hydrogens (tertiary/aromatic N) is 1. The molecule has 2 amide bonds. The highest BCUT2D eigenvalue weighted by atomic mass is 16.5. The lowest BCUT2D eigenvalue weighted by Crippen LogP contribution is -2.40. The number of hydrogen-bond acceptors (Lipinski definition) is 3. The number of carbonyl (C=O) groups excluding carboxylic acids is 2. The molecule has 1 N–H and O–H groups in total. The van der Waals surface area contributed by atoms with Gasteiger partial charge in [0.15, 0.2) is 0 Å². The van der Waals surface area contributed by atoms with Gasteiger partial charge in [-0.05, 0) is 36.6 Å². The quantitative estimate of drug-likeness (QED) is 0.686. The van der Waals surface area contributed by atoms with Crippen LogP contribution in [0.25, 0.3) is 10.8 Å². The molecular weight excluding hydrogens is 340 g/mol. The predicted octanol–water partition coefficient (Wildman–Crippen LogP) is 3.30. The van der Waals surface area contributed by atoms with Crippen LogP contribution < -0.4 is 15.0 Å². The predicted molar refractivity (Wildman–Crippen MR) is 105 cm³/mol.